The van der Waals surface area contributed by atoms with E-state index in [1.165, 1.54) is 6.26 Å². The number of hydrogen-bond acceptors (Lipinski definition) is 3. The number of ether oxygens (including phenoxy) is 3. The number of rotatable bonds is 3. The average molecular weight is 144 g/mol. The van der Waals surface area contributed by atoms with Crippen LogP contribution in [0.5, 0.6) is 0 Å². The SMILES string of the molecule is C=COC[C@@H]1CO[C@H](C)O1. The van der Waals surface area contributed by atoms with Crippen molar-refractivity contribution in [1.82, 2.24) is 0 Å². The summed E-state index contributed by atoms with van der Waals surface area (Å²) in [5.41, 5.74) is 0. The van der Waals surface area contributed by atoms with Crippen LogP contribution >= 0.6 is 0 Å². The van der Waals surface area contributed by atoms with Crippen molar-refractivity contribution in [1.29, 1.82) is 0 Å². The van der Waals surface area contributed by atoms with Crippen LogP contribution in [0.3, 0.4) is 0 Å². The van der Waals surface area contributed by atoms with Crippen molar-refractivity contribution >= 4 is 0 Å². The van der Waals surface area contributed by atoms with Gasteiger partial charge in [0.05, 0.1) is 12.9 Å². The smallest absolute Gasteiger partial charge is 0.155 e. The van der Waals surface area contributed by atoms with E-state index in [4.69, 9.17) is 14.2 Å². The maximum absolute atomic E-state index is 5.27. The Morgan fingerprint density at radius 2 is 2.60 bits per heavy atom. The molecule has 58 valence electrons. The van der Waals surface area contributed by atoms with Gasteiger partial charge in [-0.1, -0.05) is 6.58 Å². The first kappa shape index (κ1) is 7.57. The molecule has 0 aromatic heterocycles. The van der Waals surface area contributed by atoms with Gasteiger partial charge in [-0.05, 0) is 6.92 Å². The highest BCUT2D eigenvalue weighted by Gasteiger charge is 2.21. The Morgan fingerprint density at radius 3 is 3.10 bits per heavy atom. The Hall–Kier alpha value is -0.540. The molecule has 1 rings (SSSR count). The Kier molecular flexibility index (Phi) is 2.71. The molecule has 0 aromatic carbocycles. The molecule has 1 fully saturated rings. The summed E-state index contributed by atoms with van der Waals surface area (Å²) < 4.78 is 15.3. The van der Waals surface area contributed by atoms with Crippen LogP contribution in [0, 0.1) is 0 Å². The van der Waals surface area contributed by atoms with E-state index in [-0.39, 0.29) is 12.4 Å². The van der Waals surface area contributed by atoms with Gasteiger partial charge in [0.2, 0.25) is 0 Å². The minimum atomic E-state index is -0.0848. The van der Waals surface area contributed by atoms with Crippen molar-refractivity contribution in [3.05, 3.63) is 12.8 Å². The van der Waals surface area contributed by atoms with E-state index in [0.29, 0.717) is 13.2 Å². The zero-order valence-corrected chi connectivity index (χ0v) is 6.08. The molecular weight excluding hydrogens is 132 g/mol. The lowest BCUT2D eigenvalue weighted by molar-refractivity contribution is -0.0515. The molecule has 1 aliphatic rings. The highest BCUT2D eigenvalue weighted by molar-refractivity contribution is 4.63. The second-order valence-corrected chi connectivity index (χ2v) is 2.16. The van der Waals surface area contributed by atoms with E-state index in [1.807, 2.05) is 6.92 Å². The first-order valence-corrected chi connectivity index (χ1v) is 3.32. The molecule has 0 bridgehead atoms. The topological polar surface area (TPSA) is 27.7 Å². The summed E-state index contributed by atoms with van der Waals surface area (Å²) in [6.45, 7) is 6.45. The highest BCUT2D eigenvalue weighted by atomic mass is 16.7. The maximum atomic E-state index is 5.27. The average Bonchev–Trinajstić information content (AvgIpc) is 2.31. The Morgan fingerprint density at radius 1 is 1.80 bits per heavy atom. The lowest BCUT2D eigenvalue weighted by Crippen LogP contribution is -2.16. The standard InChI is InChI=1S/C7H12O3/c1-3-8-4-7-5-9-6(2)10-7/h3,6-7H,1,4-5H2,2H3/t6-,7+/m0/s1. The molecule has 0 spiro atoms. The van der Waals surface area contributed by atoms with Crippen LogP contribution in [0.15, 0.2) is 12.8 Å². The summed E-state index contributed by atoms with van der Waals surface area (Å²) in [5.74, 6) is 0. The van der Waals surface area contributed by atoms with Crippen molar-refractivity contribution in [3.63, 3.8) is 0 Å². The fraction of sp³-hybridized carbons (Fsp3) is 0.714. The molecule has 3 nitrogen and oxygen atoms in total. The predicted molar refractivity (Wildman–Crippen MR) is 36.4 cm³/mol. The van der Waals surface area contributed by atoms with Crippen molar-refractivity contribution in [2.45, 2.75) is 19.3 Å². The first-order valence-electron chi connectivity index (χ1n) is 3.32. The van der Waals surface area contributed by atoms with E-state index in [0.717, 1.165) is 0 Å². The fourth-order valence-electron chi connectivity index (χ4n) is 0.855. The first-order chi connectivity index (χ1) is 4.83. The van der Waals surface area contributed by atoms with Gasteiger partial charge in [-0.15, -0.1) is 0 Å². The maximum Gasteiger partial charge on any atom is 0.155 e. The van der Waals surface area contributed by atoms with Crippen molar-refractivity contribution < 1.29 is 14.2 Å². The van der Waals surface area contributed by atoms with Crippen LogP contribution in [0.1, 0.15) is 6.92 Å². The summed E-state index contributed by atoms with van der Waals surface area (Å²) in [6, 6.07) is 0. The summed E-state index contributed by atoms with van der Waals surface area (Å²) >= 11 is 0. The summed E-state index contributed by atoms with van der Waals surface area (Å²) in [5, 5.41) is 0. The van der Waals surface area contributed by atoms with Gasteiger partial charge in [0.25, 0.3) is 0 Å². The predicted octanol–water partition coefficient (Wildman–Crippen LogP) is 0.908. The van der Waals surface area contributed by atoms with Crippen molar-refractivity contribution in [2.75, 3.05) is 13.2 Å². The summed E-state index contributed by atoms with van der Waals surface area (Å²) in [7, 11) is 0. The van der Waals surface area contributed by atoms with E-state index in [1.54, 1.807) is 0 Å². The molecule has 0 radical (unpaired) electrons. The third-order valence-electron chi connectivity index (χ3n) is 1.30. The number of hydrogen-bond donors (Lipinski definition) is 0. The molecule has 1 heterocycles. The molecule has 1 saturated heterocycles. The molecule has 0 aliphatic carbocycles. The van der Waals surface area contributed by atoms with E-state index < -0.39 is 0 Å². The zero-order chi connectivity index (χ0) is 7.40. The van der Waals surface area contributed by atoms with Gasteiger partial charge in [-0.2, -0.15) is 0 Å². The van der Waals surface area contributed by atoms with Crippen molar-refractivity contribution in [2.24, 2.45) is 0 Å². The molecule has 0 aromatic rings. The molecule has 10 heavy (non-hydrogen) atoms. The third-order valence-corrected chi connectivity index (χ3v) is 1.30. The molecular formula is C7H12O3. The molecule has 0 unspecified atom stereocenters. The lowest BCUT2D eigenvalue weighted by Gasteiger charge is -2.06. The van der Waals surface area contributed by atoms with Crippen LogP contribution in [-0.2, 0) is 14.2 Å². The quantitative estimate of drug-likeness (QED) is 0.551. The van der Waals surface area contributed by atoms with Gasteiger partial charge < -0.3 is 14.2 Å². The van der Waals surface area contributed by atoms with E-state index in [9.17, 15) is 0 Å². The zero-order valence-electron chi connectivity index (χ0n) is 6.08. The summed E-state index contributed by atoms with van der Waals surface area (Å²) in [4.78, 5) is 0. The molecule has 0 amide bonds. The monoisotopic (exact) mass is 144 g/mol. The van der Waals surface area contributed by atoms with Crippen molar-refractivity contribution in [3.8, 4) is 0 Å². The molecule has 2 atom stereocenters. The van der Waals surface area contributed by atoms with Gasteiger partial charge in [-0.3, -0.25) is 0 Å². The van der Waals surface area contributed by atoms with Gasteiger partial charge in [0.15, 0.2) is 6.29 Å². The van der Waals surface area contributed by atoms with E-state index >= 15 is 0 Å². The Balaban J connectivity index is 2.12. The van der Waals surface area contributed by atoms with Gasteiger partial charge in [0.1, 0.15) is 12.7 Å². The van der Waals surface area contributed by atoms with Crippen LogP contribution in [0.4, 0.5) is 0 Å². The largest absolute Gasteiger partial charge is 0.499 e. The van der Waals surface area contributed by atoms with Gasteiger partial charge in [0, 0.05) is 0 Å². The minimum Gasteiger partial charge on any atom is -0.499 e. The second-order valence-electron chi connectivity index (χ2n) is 2.16. The highest BCUT2D eigenvalue weighted by Crippen LogP contribution is 2.10. The normalized spacial score (nSPS) is 32.1. The molecule has 0 saturated carbocycles. The minimum absolute atomic E-state index is 0.0769. The van der Waals surface area contributed by atoms with Crippen LogP contribution in [0.25, 0.3) is 0 Å². The van der Waals surface area contributed by atoms with Crippen LogP contribution in [-0.4, -0.2) is 25.6 Å². The molecule has 3 heteroatoms. The van der Waals surface area contributed by atoms with Crippen LogP contribution < -0.4 is 0 Å². The lowest BCUT2D eigenvalue weighted by atomic mass is 10.4. The molecule has 0 N–H and O–H groups in total. The Labute approximate surface area is 60.6 Å². The van der Waals surface area contributed by atoms with Gasteiger partial charge >= 0.3 is 0 Å². The van der Waals surface area contributed by atoms with E-state index in [2.05, 4.69) is 6.58 Å². The Bertz CT molecular complexity index is 113. The summed E-state index contributed by atoms with van der Waals surface area (Å²) in [6.07, 6.45) is 1.40. The third kappa shape index (κ3) is 2.01. The second kappa shape index (κ2) is 3.58. The van der Waals surface area contributed by atoms with Crippen LogP contribution in [0.2, 0.25) is 0 Å². The molecule has 1 aliphatic heterocycles. The van der Waals surface area contributed by atoms with Gasteiger partial charge in [-0.25, -0.2) is 0 Å². The fourth-order valence-corrected chi connectivity index (χ4v) is 0.855.